The second-order valence-electron chi connectivity index (χ2n) is 9.44. The van der Waals surface area contributed by atoms with E-state index >= 15 is 0 Å². The maximum Gasteiger partial charge on any atom is 0.329 e. The second-order valence-corrected chi connectivity index (χ2v) is 9.44. The summed E-state index contributed by atoms with van der Waals surface area (Å²) in [5.41, 5.74) is 1.86. The van der Waals surface area contributed by atoms with Crippen molar-refractivity contribution in [3.05, 3.63) is 35.4 Å². The zero-order valence-electron chi connectivity index (χ0n) is 18.4. The Labute approximate surface area is 178 Å². The van der Waals surface area contributed by atoms with Gasteiger partial charge >= 0.3 is 12.0 Å². The van der Waals surface area contributed by atoms with Gasteiger partial charge in [0.25, 0.3) is 0 Å². The molecule has 1 fully saturated rings. The minimum atomic E-state index is -0.818. The Hall–Kier alpha value is -2.57. The van der Waals surface area contributed by atoms with Crippen LogP contribution >= 0.6 is 0 Å². The van der Waals surface area contributed by atoms with Gasteiger partial charge in [-0.15, -0.1) is 0 Å². The highest BCUT2D eigenvalue weighted by atomic mass is 16.5. The molecule has 0 bridgehead atoms. The molecule has 7 heteroatoms. The van der Waals surface area contributed by atoms with Gasteiger partial charge in [-0.25, -0.2) is 9.59 Å². The molecule has 30 heavy (non-hydrogen) atoms. The SMILES string of the molecule is CC1CCCN1C(=O)CNC(=O)NC(C(=O)OC1Cc2ccccc2C1)C(C)(C)C. The summed E-state index contributed by atoms with van der Waals surface area (Å²) >= 11 is 0. The van der Waals surface area contributed by atoms with Crippen LogP contribution in [0.4, 0.5) is 4.79 Å². The van der Waals surface area contributed by atoms with Gasteiger partial charge in [0.15, 0.2) is 0 Å². The van der Waals surface area contributed by atoms with E-state index in [0.717, 1.165) is 19.4 Å². The molecule has 2 aliphatic rings. The number of amides is 3. The van der Waals surface area contributed by atoms with Crippen LogP contribution in [0.2, 0.25) is 0 Å². The third kappa shape index (κ3) is 5.32. The lowest BCUT2D eigenvalue weighted by Crippen LogP contribution is -2.54. The Kier molecular flexibility index (Phi) is 6.68. The first-order valence-corrected chi connectivity index (χ1v) is 10.8. The summed E-state index contributed by atoms with van der Waals surface area (Å²) in [4.78, 5) is 39.4. The number of likely N-dealkylation sites (tertiary alicyclic amines) is 1. The molecule has 3 amide bonds. The van der Waals surface area contributed by atoms with E-state index in [-0.39, 0.29) is 24.6 Å². The zero-order valence-corrected chi connectivity index (χ0v) is 18.4. The number of fused-ring (bicyclic) bond motifs is 1. The summed E-state index contributed by atoms with van der Waals surface area (Å²) < 4.78 is 5.75. The van der Waals surface area contributed by atoms with Gasteiger partial charge in [-0.05, 0) is 36.3 Å². The van der Waals surface area contributed by atoms with Gasteiger partial charge in [0, 0.05) is 25.4 Å². The average molecular weight is 416 g/mol. The number of urea groups is 1. The molecular weight excluding hydrogens is 382 g/mol. The maximum absolute atomic E-state index is 12.9. The zero-order chi connectivity index (χ0) is 21.9. The van der Waals surface area contributed by atoms with Gasteiger partial charge in [0.2, 0.25) is 5.91 Å². The van der Waals surface area contributed by atoms with E-state index in [0.29, 0.717) is 12.8 Å². The van der Waals surface area contributed by atoms with E-state index in [1.165, 1.54) is 11.1 Å². The smallest absolute Gasteiger partial charge is 0.329 e. The van der Waals surface area contributed by atoms with E-state index in [1.54, 1.807) is 4.90 Å². The van der Waals surface area contributed by atoms with Gasteiger partial charge in [-0.1, -0.05) is 45.0 Å². The Morgan fingerprint density at radius 2 is 1.80 bits per heavy atom. The summed E-state index contributed by atoms with van der Waals surface area (Å²) in [6, 6.07) is 6.91. The minimum Gasteiger partial charge on any atom is -0.460 e. The monoisotopic (exact) mass is 415 g/mol. The molecule has 0 aromatic heterocycles. The van der Waals surface area contributed by atoms with Crippen LogP contribution in [0.5, 0.6) is 0 Å². The Morgan fingerprint density at radius 1 is 1.17 bits per heavy atom. The molecule has 0 saturated carbocycles. The van der Waals surface area contributed by atoms with Crippen LogP contribution in [0.1, 0.15) is 51.7 Å². The third-order valence-electron chi connectivity index (χ3n) is 5.95. The van der Waals surface area contributed by atoms with Crippen molar-refractivity contribution in [1.82, 2.24) is 15.5 Å². The van der Waals surface area contributed by atoms with Crippen molar-refractivity contribution in [2.24, 2.45) is 5.41 Å². The van der Waals surface area contributed by atoms with Crippen molar-refractivity contribution in [1.29, 1.82) is 0 Å². The highest BCUT2D eigenvalue weighted by Gasteiger charge is 2.36. The number of rotatable bonds is 5. The topological polar surface area (TPSA) is 87.7 Å². The molecule has 1 saturated heterocycles. The number of carbonyl (C=O) groups is 3. The molecule has 1 heterocycles. The van der Waals surface area contributed by atoms with Gasteiger partial charge in [-0.2, -0.15) is 0 Å². The molecule has 1 aromatic rings. The fraction of sp³-hybridized carbons (Fsp3) is 0.609. The van der Waals surface area contributed by atoms with E-state index in [1.807, 2.05) is 52.0 Å². The molecule has 1 aromatic carbocycles. The Morgan fingerprint density at radius 3 is 2.33 bits per heavy atom. The number of hydrogen-bond donors (Lipinski definition) is 2. The quantitative estimate of drug-likeness (QED) is 0.723. The van der Waals surface area contributed by atoms with Crippen molar-refractivity contribution in [3.63, 3.8) is 0 Å². The molecule has 3 rings (SSSR count). The first-order chi connectivity index (χ1) is 14.1. The molecular formula is C23H33N3O4. The van der Waals surface area contributed by atoms with Crippen LogP contribution in [0.15, 0.2) is 24.3 Å². The summed E-state index contributed by atoms with van der Waals surface area (Å²) in [7, 11) is 0. The number of nitrogens with one attached hydrogen (secondary N) is 2. The molecule has 164 valence electrons. The van der Waals surface area contributed by atoms with Crippen molar-refractivity contribution in [2.45, 2.75) is 71.6 Å². The average Bonchev–Trinajstić information content (AvgIpc) is 3.28. The summed E-state index contributed by atoms with van der Waals surface area (Å²) in [6.45, 7) is 8.28. The number of hydrogen-bond acceptors (Lipinski definition) is 4. The van der Waals surface area contributed by atoms with Crippen molar-refractivity contribution < 1.29 is 19.1 Å². The number of carbonyl (C=O) groups excluding carboxylic acids is 3. The van der Waals surface area contributed by atoms with Crippen molar-refractivity contribution >= 4 is 17.9 Å². The molecule has 2 N–H and O–H groups in total. The minimum absolute atomic E-state index is 0.0833. The van der Waals surface area contributed by atoms with Crippen LogP contribution < -0.4 is 10.6 Å². The van der Waals surface area contributed by atoms with E-state index in [9.17, 15) is 14.4 Å². The highest BCUT2D eigenvalue weighted by molar-refractivity contribution is 5.87. The molecule has 0 spiro atoms. The third-order valence-corrected chi connectivity index (χ3v) is 5.95. The van der Waals surface area contributed by atoms with Crippen molar-refractivity contribution in [3.8, 4) is 0 Å². The van der Waals surface area contributed by atoms with Crippen LogP contribution in [0, 0.1) is 5.41 Å². The molecule has 1 aliphatic heterocycles. The van der Waals surface area contributed by atoms with Gasteiger partial charge in [0.1, 0.15) is 12.1 Å². The number of nitrogens with zero attached hydrogens (tertiary/aromatic N) is 1. The molecule has 2 unspecified atom stereocenters. The van der Waals surface area contributed by atoms with Crippen LogP contribution in [0.3, 0.4) is 0 Å². The predicted octanol–water partition coefficient (Wildman–Crippen LogP) is 2.42. The lowest BCUT2D eigenvalue weighted by molar-refractivity contribution is -0.153. The normalized spacial score (nSPS) is 19.9. The first-order valence-electron chi connectivity index (χ1n) is 10.8. The number of ether oxygens (including phenoxy) is 1. The number of benzene rings is 1. The van der Waals surface area contributed by atoms with Crippen LogP contribution in [-0.2, 0) is 27.2 Å². The predicted molar refractivity (Wildman–Crippen MR) is 114 cm³/mol. The summed E-state index contributed by atoms with van der Waals surface area (Å²) in [5, 5.41) is 5.31. The Bertz CT molecular complexity index is 777. The maximum atomic E-state index is 12.9. The van der Waals surface area contributed by atoms with Gasteiger partial charge < -0.3 is 20.3 Å². The summed E-state index contributed by atoms with van der Waals surface area (Å²) in [6.07, 6.45) is 3.13. The van der Waals surface area contributed by atoms with Gasteiger partial charge in [0.05, 0.1) is 6.54 Å². The first kappa shape index (κ1) is 22.1. The van der Waals surface area contributed by atoms with Crippen molar-refractivity contribution in [2.75, 3.05) is 13.1 Å². The fourth-order valence-electron chi connectivity index (χ4n) is 4.21. The second kappa shape index (κ2) is 9.06. The van der Waals surface area contributed by atoms with E-state index in [2.05, 4.69) is 10.6 Å². The molecule has 0 radical (unpaired) electrons. The molecule has 7 nitrogen and oxygen atoms in total. The highest BCUT2D eigenvalue weighted by Crippen LogP contribution is 2.26. The summed E-state index contributed by atoms with van der Waals surface area (Å²) in [5.74, 6) is -0.552. The molecule has 1 aliphatic carbocycles. The van der Waals surface area contributed by atoms with Gasteiger partial charge in [-0.3, -0.25) is 4.79 Å². The van der Waals surface area contributed by atoms with E-state index < -0.39 is 23.5 Å². The standard InChI is InChI=1S/C23H33N3O4/c1-15-8-7-11-26(15)19(27)14-24-22(29)25-20(23(2,3)4)21(28)30-18-12-16-9-5-6-10-17(16)13-18/h5-6,9-10,15,18,20H,7-8,11-14H2,1-4H3,(H2,24,25,29). The largest absolute Gasteiger partial charge is 0.460 e. The number of esters is 1. The fourth-order valence-corrected chi connectivity index (χ4v) is 4.21. The lowest BCUT2D eigenvalue weighted by atomic mass is 9.87. The van der Waals surface area contributed by atoms with Crippen LogP contribution in [-0.4, -0.2) is 54.1 Å². The van der Waals surface area contributed by atoms with E-state index in [4.69, 9.17) is 4.74 Å². The molecule has 2 atom stereocenters. The Balaban J connectivity index is 1.53. The lowest BCUT2D eigenvalue weighted by Gasteiger charge is -2.30. The van der Waals surface area contributed by atoms with Crippen LogP contribution in [0.25, 0.3) is 0 Å².